The molecule has 0 bridgehead atoms. The average Bonchev–Trinajstić information content (AvgIpc) is 3.22. The second-order valence-electron chi connectivity index (χ2n) is 6.87. The number of nitrogens with one attached hydrogen (secondary N) is 2. The third-order valence-electron chi connectivity index (χ3n) is 4.64. The summed E-state index contributed by atoms with van der Waals surface area (Å²) in [5.41, 5.74) is 4.64. The molecule has 0 atom stereocenters. The Labute approximate surface area is 184 Å². The van der Waals surface area contributed by atoms with Crippen molar-refractivity contribution in [2.45, 2.75) is 13.0 Å². The molecule has 154 valence electrons. The number of hydrogen-bond acceptors (Lipinski definition) is 6. The summed E-state index contributed by atoms with van der Waals surface area (Å²) in [5.74, 6) is 0. The Morgan fingerprint density at radius 3 is 2.55 bits per heavy atom. The Morgan fingerprint density at radius 1 is 1.00 bits per heavy atom. The van der Waals surface area contributed by atoms with E-state index in [1.54, 1.807) is 0 Å². The summed E-state index contributed by atoms with van der Waals surface area (Å²) in [6, 6.07) is 25.3. The molecular weight excluding hydrogens is 408 g/mol. The molecule has 0 saturated heterocycles. The van der Waals surface area contributed by atoms with Crippen molar-refractivity contribution < 1.29 is 9.53 Å². The van der Waals surface area contributed by atoms with Crippen LogP contribution in [0.1, 0.15) is 16.1 Å². The Balaban J connectivity index is 1.24. The quantitative estimate of drug-likeness (QED) is 0.402. The molecule has 4 rings (SSSR count). The number of anilines is 2. The third-order valence-corrected chi connectivity index (χ3v) is 5.56. The molecule has 6 nitrogen and oxygen atoms in total. The first-order valence-corrected chi connectivity index (χ1v) is 10.6. The Hall–Kier alpha value is -3.89. The molecule has 0 radical (unpaired) electrons. The summed E-state index contributed by atoms with van der Waals surface area (Å²) in [6.07, 6.45) is 0.361. The van der Waals surface area contributed by atoms with E-state index in [-0.39, 0.29) is 6.61 Å². The smallest absolute Gasteiger partial charge is 0.411 e. The summed E-state index contributed by atoms with van der Waals surface area (Å²) in [6.45, 7) is 1.00. The molecule has 0 aliphatic rings. The van der Waals surface area contributed by atoms with Gasteiger partial charge in [-0.05, 0) is 47.9 Å². The van der Waals surface area contributed by atoms with E-state index in [1.165, 1.54) is 11.3 Å². The number of nitriles is 1. The van der Waals surface area contributed by atoms with Gasteiger partial charge in [0.25, 0.3) is 0 Å². The number of thiazole rings is 1. The monoisotopic (exact) mass is 428 g/mol. The number of benzene rings is 3. The summed E-state index contributed by atoms with van der Waals surface area (Å²) >= 11 is 1.39. The minimum Gasteiger partial charge on any atom is -0.444 e. The molecule has 1 amide bonds. The van der Waals surface area contributed by atoms with Crippen LogP contribution in [0.25, 0.3) is 10.2 Å². The van der Waals surface area contributed by atoms with Crippen LogP contribution >= 0.6 is 11.3 Å². The standard InChI is InChI=1S/C24H20N4O2S/c25-15-23-28-21-11-10-20(14-22(21)31-23)26-13-12-17-6-8-19(9-7-17)27-24(29)30-16-18-4-2-1-3-5-18/h1-11,14,26H,12-13,16H2,(H,27,29). The lowest BCUT2D eigenvalue weighted by atomic mass is 10.1. The van der Waals surface area contributed by atoms with Gasteiger partial charge in [0, 0.05) is 17.9 Å². The maximum absolute atomic E-state index is 11.9. The van der Waals surface area contributed by atoms with Crippen molar-refractivity contribution in [3.05, 3.63) is 88.9 Å². The first kappa shape index (κ1) is 20.4. The van der Waals surface area contributed by atoms with Crippen LogP contribution in [0, 0.1) is 11.3 Å². The predicted octanol–water partition coefficient (Wildman–Crippen LogP) is 5.57. The summed E-state index contributed by atoms with van der Waals surface area (Å²) in [4.78, 5) is 16.2. The lowest BCUT2D eigenvalue weighted by Crippen LogP contribution is -2.13. The van der Waals surface area contributed by atoms with Crippen LogP contribution in [-0.4, -0.2) is 17.6 Å². The van der Waals surface area contributed by atoms with E-state index in [2.05, 4.69) is 21.7 Å². The van der Waals surface area contributed by atoms with Crippen molar-refractivity contribution in [3.63, 3.8) is 0 Å². The van der Waals surface area contributed by atoms with E-state index in [0.717, 1.165) is 40.0 Å². The zero-order chi connectivity index (χ0) is 21.5. The zero-order valence-electron chi connectivity index (χ0n) is 16.7. The highest BCUT2D eigenvalue weighted by molar-refractivity contribution is 7.19. The van der Waals surface area contributed by atoms with Gasteiger partial charge in [0.1, 0.15) is 12.7 Å². The molecule has 1 heterocycles. The minimum absolute atomic E-state index is 0.238. The van der Waals surface area contributed by atoms with Crippen molar-refractivity contribution in [2.24, 2.45) is 0 Å². The summed E-state index contributed by atoms with van der Waals surface area (Å²) < 4.78 is 6.23. The highest BCUT2D eigenvalue weighted by atomic mass is 32.1. The maximum atomic E-state index is 11.9. The van der Waals surface area contributed by atoms with E-state index >= 15 is 0 Å². The number of aromatic nitrogens is 1. The van der Waals surface area contributed by atoms with E-state index in [4.69, 9.17) is 10.00 Å². The van der Waals surface area contributed by atoms with E-state index in [1.807, 2.05) is 72.8 Å². The SMILES string of the molecule is N#Cc1nc2ccc(NCCc3ccc(NC(=O)OCc4ccccc4)cc3)cc2s1. The van der Waals surface area contributed by atoms with Gasteiger partial charge in [0.15, 0.2) is 5.01 Å². The van der Waals surface area contributed by atoms with Gasteiger partial charge in [-0.15, -0.1) is 11.3 Å². The molecule has 1 aromatic heterocycles. The maximum Gasteiger partial charge on any atom is 0.411 e. The fourth-order valence-corrected chi connectivity index (χ4v) is 3.87. The van der Waals surface area contributed by atoms with Gasteiger partial charge < -0.3 is 10.1 Å². The highest BCUT2D eigenvalue weighted by Crippen LogP contribution is 2.25. The van der Waals surface area contributed by atoms with Crippen LogP contribution < -0.4 is 10.6 Å². The van der Waals surface area contributed by atoms with E-state index < -0.39 is 6.09 Å². The number of fused-ring (bicyclic) bond motifs is 1. The first-order chi connectivity index (χ1) is 15.2. The molecular formula is C24H20N4O2S. The van der Waals surface area contributed by atoms with Crippen LogP contribution in [-0.2, 0) is 17.8 Å². The Morgan fingerprint density at radius 2 is 1.77 bits per heavy atom. The van der Waals surface area contributed by atoms with E-state index in [9.17, 15) is 4.79 Å². The van der Waals surface area contributed by atoms with Crippen molar-refractivity contribution in [1.29, 1.82) is 5.26 Å². The normalized spacial score (nSPS) is 10.4. The van der Waals surface area contributed by atoms with Crippen LogP contribution in [0.5, 0.6) is 0 Å². The predicted molar refractivity (Wildman–Crippen MR) is 123 cm³/mol. The topological polar surface area (TPSA) is 87.0 Å². The summed E-state index contributed by atoms with van der Waals surface area (Å²) in [5, 5.41) is 15.6. The second-order valence-corrected chi connectivity index (χ2v) is 7.90. The molecule has 31 heavy (non-hydrogen) atoms. The molecule has 2 N–H and O–H groups in total. The van der Waals surface area contributed by atoms with Gasteiger partial charge in [0.05, 0.1) is 10.2 Å². The number of amides is 1. The van der Waals surface area contributed by atoms with Gasteiger partial charge in [-0.2, -0.15) is 5.26 Å². The van der Waals surface area contributed by atoms with Crippen molar-refractivity contribution in [3.8, 4) is 6.07 Å². The second kappa shape index (κ2) is 9.74. The lowest BCUT2D eigenvalue weighted by Gasteiger charge is -2.09. The number of carbonyl (C=O) groups excluding carboxylic acids is 1. The molecule has 0 aliphatic heterocycles. The van der Waals surface area contributed by atoms with Gasteiger partial charge >= 0.3 is 6.09 Å². The summed E-state index contributed by atoms with van der Waals surface area (Å²) in [7, 11) is 0. The lowest BCUT2D eigenvalue weighted by molar-refractivity contribution is 0.155. The number of carbonyl (C=O) groups is 1. The Kier molecular flexibility index (Phi) is 6.41. The fourth-order valence-electron chi connectivity index (χ4n) is 3.07. The number of rotatable bonds is 7. The van der Waals surface area contributed by atoms with Gasteiger partial charge in [0.2, 0.25) is 0 Å². The minimum atomic E-state index is -0.476. The third kappa shape index (κ3) is 5.59. The molecule has 4 aromatic rings. The molecule has 0 unspecified atom stereocenters. The van der Waals surface area contributed by atoms with Crippen molar-refractivity contribution >= 4 is 39.0 Å². The van der Waals surface area contributed by atoms with Crippen molar-refractivity contribution in [1.82, 2.24) is 4.98 Å². The first-order valence-electron chi connectivity index (χ1n) is 9.81. The molecule has 0 spiro atoms. The highest BCUT2D eigenvalue weighted by Gasteiger charge is 2.05. The van der Waals surface area contributed by atoms with Crippen LogP contribution in [0.2, 0.25) is 0 Å². The molecule has 0 fully saturated rings. The number of ether oxygens (including phenoxy) is 1. The van der Waals surface area contributed by atoms with Crippen LogP contribution in [0.15, 0.2) is 72.8 Å². The van der Waals surface area contributed by atoms with Gasteiger partial charge in [-0.1, -0.05) is 42.5 Å². The van der Waals surface area contributed by atoms with Crippen LogP contribution in [0.4, 0.5) is 16.2 Å². The molecule has 0 aliphatic carbocycles. The van der Waals surface area contributed by atoms with Crippen molar-refractivity contribution in [2.75, 3.05) is 17.2 Å². The largest absolute Gasteiger partial charge is 0.444 e. The van der Waals surface area contributed by atoms with Gasteiger partial charge in [-0.25, -0.2) is 9.78 Å². The molecule has 0 saturated carbocycles. The zero-order valence-corrected chi connectivity index (χ0v) is 17.5. The van der Waals surface area contributed by atoms with E-state index in [0.29, 0.717) is 10.7 Å². The Bertz CT molecular complexity index is 1210. The number of hydrogen-bond donors (Lipinski definition) is 2. The molecule has 7 heteroatoms. The fraction of sp³-hybridized carbons (Fsp3) is 0.125. The van der Waals surface area contributed by atoms with Crippen LogP contribution in [0.3, 0.4) is 0 Å². The average molecular weight is 429 g/mol. The molecule has 3 aromatic carbocycles. The number of nitrogens with zero attached hydrogens (tertiary/aromatic N) is 2. The van der Waals surface area contributed by atoms with Gasteiger partial charge in [-0.3, -0.25) is 5.32 Å².